The van der Waals surface area contributed by atoms with E-state index in [4.69, 9.17) is 9.47 Å². The van der Waals surface area contributed by atoms with E-state index in [1.54, 1.807) is 7.11 Å². The largest absolute Gasteiger partial charge is 0.377 e. The maximum Gasteiger partial charge on any atom is 0.0701 e. The molecular formula is C5H11IO3S. The summed E-state index contributed by atoms with van der Waals surface area (Å²) in [4.78, 5) is 0. The van der Waals surface area contributed by atoms with Crippen LogP contribution in [-0.2, 0) is 13.7 Å². The monoisotopic (exact) mass is 278 g/mol. The molecule has 0 N–H and O–H groups in total. The van der Waals surface area contributed by atoms with Crippen molar-refractivity contribution in [2.45, 2.75) is 0 Å². The fraction of sp³-hybridized carbons (Fsp3) is 1.00. The van der Waals surface area contributed by atoms with Crippen LogP contribution in [0.15, 0.2) is 0 Å². The molecule has 0 unspecified atom stereocenters. The van der Waals surface area contributed by atoms with Gasteiger partial charge in [0, 0.05) is 21.2 Å². The summed E-state index contributed by atoms with van der Waals surface area (Å²) in [7, 11) is 2.96. The minimum absolute atomic E-state index is 0.778. The van der Waals surface area contributed by atoms with Crippen molar-refractivity contribution in [2.75, 3.05) is 33.5 Å². The van der Waals surface area contributed by atoms with Crippen LogP contribution in [0.25, 0.3) is 0 Å². The molecule has 0 bridgehead atoms. The molecule has 0 aromatic carbocycles. The summed E-state index contributed by atoms with van der Waals surface area (Å²) in [5.74, 6) is 0. The highest BCUT2D eigenvalue weighted by Gasteiger charge is 1.94. The fourth-order valence-corrected chi connectivity index (χ4v) is 0.440. The van der Waals surface area contributed by atoms with Crippen LogP contribution in [0.4, 0.5) is 0 Å². The Balaban J connectivity index is 0.000000180. The molecule has 0 aromatic heterocycles. The lowest BCUT2D eigenvalue weighted by Crippen LogP contribution is -2.16. The van der Waals surface area contributed by atoms with Crippen LogP contribution in [0.2, 0.25) is 0 Å². The number of halogens is 1. The Labute approximate surface area is 77.6 Å². The molecule has 0 saturated carbocycles. The summed E-state index contributed by atoms with van der Waals surface area (Å²) in [5.41, 5.74) is 0. The summed E-state index contributed by atoms with van der Waals surface area (Å²) in [6, 6.07) is 0. The zero-order valence-corrected chi connectivity index (χ0v) is 8.81. The average molecular weight is 278 g/mol. The minimum atomic E-state index is 0.778. The number of hydrogen-bond donors (Lipinski definition) is 0. The minimum Gasteiger partial charge on any atom is -0.377 e. The first kappa shape index (κ1) is 11.0. The highest BCUT2D eigenvalue weighted by atomic mass is 127. The highest BCUT2D eigenvalue weighted by Crippen LogP contribution is 2.08. The molecular weight excluding hydrogens is 267 g/mol. The second-order valence-corrected chi connectivity index (χ2v) is 2.99. The average Bonchev–Trinajstić information content (AvgIpc) is 2.08. The van der Waals surface area contributed by atoms with E-state index >= 15 is 0 Å². The molecule has 10 heavy (non-hydrogen) atoms. The molecule has 1 rings (SSSR count). The summed E-state index contributed by atoms with van der Waals surface area (Å²) in [6.45, 7) is 3.11. The van der Waals surface area contributed by atoms with Crippen LogP contribution in [0.1, 0.15) is 0 Å². The Hall–Kier alpha value is 0.960. The van der Waals surface area contributed by atoms with E-state index < -0.39 is 0 Å². The molecule has 0 aromatic rings. The Morgan fingerprint density at radius 2 is 1.50 bits per heavy atom. The topological polar surface area (TPSA) is 27.7 Å². The quantitative estimate of drug-likeness (QED) is 0.538. The number of ether oxygens (including phenoxy) is 2. The van der Waals surface area contributed by atoms with Gasteiger partial charge in [-0.25, -0.2) is 0 Å². The van der Waals surface area contributed by atoms with Crippen molar-refractivity contribution < 1.29 is 13.7 Å². The van der Waals surface area contributed by atoms with E-state index in [1.165, 1.54) is 9.21 Å². The maximum atomic E-state index is 4.94. The Morgan fingerprint density at radius 3 is 1.60 bits per heavy atom. The van der Waals surface area contributed by atoms with Crippen molar-refractivity contribution in [2.24, 2.45) is 0 Å². The van der Waals surface area contributed by atoms with Crippen LogP contribution < -0.4 is 0 Å². The third-order valence-electron chi connectivity index (χ3n) is 0.807. The van der Waals surface area contributed by atoms with E-state index in [2.05, 4.69) is 4.18 Å². The van der Waals surface area contributed by atoms with Crippen molar-refractivity contribution in [3.63, 3.8) is 0 Å². The zero-order valence-electron chi connectivity index (χ0n) is 5.84. The van der Waals surface area contributed by atoms with Crippen LogP contribution in [0, 0.1) is 0 Å². The second kappa shape index (κ2) is 9.96. The Morgan fingerprint density at radius 1 is 1.20 bits per heavy atom. The first-order valence-corrected chi connectivity index (χ1v) is 6.17. The van der Waals surface area contributed by atoms with Gasteiger partial charge in [0.15, 0.2) is 0 Å². The third kappa shape index (κ3) is 8.96. The SMILES string of the molecule is C1COCCO1.COSI. The summed E-state index contributed by atoms with van der Waals surface area (Å²) in [5, 5.41) is 0. The molecule has 3 nitrogen and oxygen atoms in total. The van der Waals surface area contributed by atoms with Gasteiger partial charge in [0.05, 0.1) is 42.8 Å². The summed E-state index contributed by atoms with van der Waals surface area (Å²) < 4.78 is 14.3. The molecule has 0 spiro atoms. The van der Waals surface area contributed by atoms with Crippen molar-refractivity contribution in [1.29, 1.82) is 0 Å². The second-order valence-electron chi connectivity index (χ2n) is 1.45. The van der Waals surface area contributed by atoms with E-state index in [0.29, 0.717) is 0 Å². The van der Waals surface area contributed by atoms with Crippen molar-refractivity contribution in [1.82, 2.24) is 0 Å². The standard InChI is InChI=1S/C4H8O2.CH3IOS/c1-2-6-4-3-5-1;1-3-4-2/h1-4H2;1H3. The lowest BCUT2D eigenvalue weighted by Gasteiger charge is -2.09. The molecule has 1 aliphatic heterocycles. The smallest absolute Gasteiger partial charge is 0.0701 e. The van der Waals surface area contributed by atoms with Gasteiger partial charge in [-0.05, 0) is 0 Å². The van der Waals surface area contributed by atoms with Crippen LogP contribution in [-0.4, -0.2) is 33.5 Å². The Bertz CT molecular complexity index is 47.3. The normalized spacial score (nSPS) is 17.4. The lowest BCUT2D eigenvalue weighted by atomic mass is 10.6. The molecule has 0 amide bonds. The van der Waals surface area contributed by atoms with Gasteiger partial charge < -0.3 is 13.7 Å². The molecule has 62 valence electrons. The van der Waals surface area contributed by atoms with Gasteiger partial charge in [0.25, 0.3) is 0 Å². The van der Waals surface area contributed by atoms with Gasteiger partial charge in [-0.1, -0.05) is 0 Å². The first-order chi connectivity index (χ1) is 4.91. The lowest BCUT2D eigenvalue weighted by molar-refractivity contribution is -0.0334. The van der Waals surface area contributed by atoms with Gasteiger partial charge in [-0.3, -0.25) is 0 Å². The molecule has 0 radical (unpaired) electrons. The van der Waals surface area contributed by atoms with E-state index in [0.717, 1.165) is 26.4 Å². The first-order valence-electron chi connectivity index (χ1n) is 2.88. The van der Waals surface area contributed by atoms with Gasteiger partial charge in [0.1, 0.15) is 0 Å². The highest BCUT2D eigenvalue weighted by molar-refractivity contribution is 14.2. The predicted octanol–water partition coefficient (Wildman–Crippen LogP) is 1.66. The molecule has 0 aliphatic carbocycles. The summed E-state index contributed by atoms with van der Waals surface area (Å²) in [6.07, 6.45) is 0. The Kier molecular flexibility index (Phi) is 10.9. The fourth-order valence-electron chi connectivity index (χ4n) is 0.440. The number of hydrogen-bond acceptors (Lipinski definition) is 4. The molecule has 1 aliphatic rings. The van der Waals surface area contributed by atoms with Crippen LogP contribution in [0.3, 0.4) is 0 Å². The van der Waals surface area contributed by atoms with E-state index in [9.17, 15) is 0 Å². The molecule has 1 fully saturated rings. The van der Waals surface area contributed by atoms with Crippen LogP contribution >= 0.6 is 30.4 Å². The van der Waals surface area contributed by atoms with Crippen molar-refractivity contribution >= 4 is 30.4 Å². The van der Waals surface area contributed by atoms with Crippen molar-refractivity contribution in [3.05, 3.63) is 0 Å². The summed E-state index contributed by atoms with van der Waals surface area (Å²) >= 11 is 2.05. The third-order valence-corrected chi connectivity index (χ3v) is 2.01. The van der Waals surface area contributed by atoms with Gasteiger partial charge in [0.2, 0.25) is 0 Å². The predicted molar refractivity (Wildman–Crippen MR) is 50.3 cm³/mol. The molecule has 0 atom stereocenters. The zero-order chi connectivity index (χ0) is 7.66. The molecule has 1 heterocycles. The van der Waals surface area contributed by atoms with Crippen LogP contribution in [0.5, 0.6) is 0 Å². The van der Waals surface area contributed by atoms with Gasteiger partial charge >= 0.3 is 0 Å². The maximum absolute atomic E-state index is 4.94. The van der Waals surface area contributed by atoms with Gasteiger partial charge in [-0.15, -0.1) is 0 Å². The van der Waals surface area contributed by atoms with Crippen molar-refractivity contribution in [3.8, 4) is 0 Å². The number of rotatable bonds is 1. The van der Waals surface area contributed by atoms with Gasteiger partial charge in [-0.2, -0.15) is 0 Å². The molecule has 5 heteroatoms. The van der Waals surface area contributed by atoms with E-state index in [-0.39, 0.29) is 0 Å². The molecule has 1 saturated heterocycles. The van der Waals surface area contributed by atoms with E-state index in [1.807, 2.05) is 21.2 Å².